The number of nitrogens with one attached hydrogen (secondary N) is 1. The van der Waals surface area contributed by atoms with Gasteiger partial charge in [0.2, 0.25) is 5.91 Å². The minimum atomic E-state index is 0.0841. The van der Waals surface area contributed by atoms with Gasteiger partial charge >= 0.3 is 0 Å². The van der Waals surface area contributed by atoms with Crippen molar-refractivity contribution in [1.29, 1.82) is 0 Å². The van der Waals surface area contributed by atoms with Crippen molar-refractivity contribution in [2.24, 2.45) is 7.05 Å². The number of benzene rings is 1. The zero-order valence-electron chi connectivity index (χ0n) is 17.2. The molecule has 8 nitrogen and oxygen atoms in total. The topological polar surface area (TPSA) is 79.2 Å². The number of nitrogens with zero attached hydrogens (tertiary/aromatic N) is 6. The minimum absolute atomic E-state index is 0.0841. The second-order valence-electron chi connectivity index (χ2n) is 7.79. The average Bonchev–Trinajstić information content (AvgIpc) is 3.08. The van der Waals surface area contributed by atoms with Gasteiger partial charge in [0.05, 0.1) is 36.3 Å². The van der Waals surface area contributed by atoms with Crippen molar-refractivity contribution in [3.8, 4) is 11.3 Å². The Hall–Kier alpha value is -3.00. The summed E-state index contributed by atoms with van der Waals surface area (Å²) in [5.41, 5.74) is 2.95. The summed E-state index contributed by atoms with van der Waals surface area (Å²) in [5.74, 6) is 0.958. The summed E-state index contributed by atoms with van der Waals surface area (Å²) in [4.78, 5) is 25.7. The largest absolute Gasteiger partial charge is 0.353 e. The number of rotatable bonds is 5. The number of piperazine rings is 1. The third kappa shape index (κ3) is 4.37. The fourth-order valence-corrected chi connectivity index (χ4v) is 3.66. The predicted molar refractivity (Wildman–Crippen MR) is 114 cm³/mol. The maximum atomic E-state index is 12.0. The normalized spacial score (nSPS) is 15.2. The molecule has 1 N–H and O–H groups in total. The molecule has 0 spiro atoms. The molecule has 1 fully saturated rings. The standard InChI is InChI=1S/C21H27N7O/c1-15(2)24-21(29)14-27-6-8-28(9-7-27)20-13-22-12-18(25-20)16-4-5-17-11-23-26(3)19(17)10-16/h4-5,10-13,15H,6-9,14H2,1-3H3,(H,24,29). The van der Waals surface area contributed by atoms with Crippen LogP contribution in [0, 0.1) is 0 Å². The third-order valence-corrected chi connectivity index (χ3v) is 5.18. The zero-order valence-corrected chi connectivity index (χ0v) is 17.2. The summed E-state index contributed by atoms with van der Waals surface area (Å²) in [6.07, 6.45) is 5.48. The van der Waals surface area contributed by atoms with Crippen molar-refractivity contribution >= 4 is 22.6 Å². The number of fused-ring (bicyclic) bond motifs is 1. The van der Waals surface area contributed by atoms with E-state index >= 15 is 0 Å². The molecule has 1 aliphatic heterocycles. The van der Waals surface area contributed by atoms with Gasteiger partial charge in [-0.05, 0) is 19.9 Å². The van der Waals surface area contributed by atoms with Gasteiger partial charge in [0, 0.05) is 50.2 Å². The summed E-state index contributed by atoms with van der Waals surface area (Å²) in [6.45, 7) is 7.72. The summed E-state index contributed by atoms with van der Waals surface area (Å²) >= 11 is 0. The first-order chi connectivity index (χ1) is 14.0. The van der Waals surface area contributed by atoms with Gasteiger partial charge in [-0.25, -0.2) is 4.98 Å². The van der Waals surface area contributed by atoms with E-state index in [4.69, 9.17) is 4.98 Å². The molecule has 4 rings (SSSR count). The lowest BCUT2D eigenvalue weighted by Crippen LogP contribution is -2.50. The van der Waals surface area contributed by atoms with Crippen LogP contribution in [0.3, 0.4) is 0 Å². The molecule has 1 amide bonds. The Morgan fingerprint density at radius 1 is 1.14 bits per heavy atom. The van der Waals surface area contributed by atoms with Crippen LogP contribution in [0.2, 0.25) is 0 Å². The van der Waals surface area contributed by atoms with E-state index < -0.39 is 0 Å². The molecular formula is C21H27N7O. The van der Waals surface area contributed by atoms with Gasteiger partial charge in [0.15, 0.2) is 0 Å². The highest BCUT2D eigenvalue weighted by Crippen LogP contribution is 2.24. The Kier molecular flexibility index (Phi) is 5.44. The van der Waals surface area contributed by atoms with Crippen molar-refractivity contribution in [2.45, 2.75) is 19.9 Å². The van der Waals surface area contributed by atoms with E-state index in [0.29, 0.717) is 6.54 Å². The zero-order chi connectivity index (χ0) is 20.4. The molecule has 0 bridgehead atoms. The Morgan fingerprint density at radius 2 is 1.93 bits per heavy atom. The lowest BCUT2D eigenvalue weighted by molar-refractivity contribution is -0.122. The highest BCUT2D eigenvalue weighted by Gasteiger charge is 2.20. The van der Waals surface area contributed by atoms with Crippen LogP contribution >= 0.6 is 0 Å². The van der Waals surface area contributed by atoms with E-state index in [2.05, 4.69) is 43.4 Å². The molecule has 0 aliphatic carbocycles. The lowest BCUT2D eigenvalue weighted by atomic mass is 10.1. The Bertz CT molecular complexity index is 1010. The van der Waals surface area contributed by atoms with E-state index in [1.807, 2.05) is 38.0 Å². The number of hydrogen-bond donors (Lipinski definition) is 1. The Balaban J connectivity index is 1.44. The van der Waals surface area contributed by atoms with Crippen molar-refractivity contribution in [3.05, 3.63) is 36.8 Å². The fraction of sp³-hybridized carbons (Fsp3) is 0.429. The van der Waals surface area contributed by atoms with Gasteiger partial charge in [-0.15, -0.1) is 0 Å². The van der Waals surface area contributed by atoms with E-state index in [-0.39, 0.29) is 11.9 Å². The molecule has 0 unspecified atom stereocenters. The van der Waals surface area contributed by atoms with Crippen LogP contribution in [0.25, 0.3) is 22.2 Å². The molecular weight excluding hydrogens is 366 g/mol. The van der Waals surface area contributed by atoms with E-state index in [1.54, 1.807) is 6.20 Å². The summed E-state index contributed by atoms with van der Waals surface area (Å²) in [7, 11) is 1.94. The molecule has 1 aliphatic rings. The number of carbonyl (C=O) groups is 1. The Morgan fingerprint density at radius 3 is 2.69 bits per heavy atom. The molecule has 152 valence electrons. The summed E-state index contributed by atoms with van der Waals surface area (Å²) in [5, 5.41) is 8.36. The average molecular weight is 393 g/mol. The first kappa shape index (κ1) is 19.3. The van der Waals surface area contributed by atoms with Crippen LogP contribution in [0.5, 0.6) is 0 Å². The fourth-order valence-electron chi connectivity index (χ4n) is 3.66. The maximum absolute atomic E-state index is 12.0. The van der Waals surface area contributed by atoms with Crippen molar-refractivity contribution in [2.75, 3.05) is 37.6 Å². The monoisotopic (exact) mass is 393 g/mol. The first-order valence-corrected chi connectivity index (χ1v) is 10.0. The second-order valence-corrected chi connectivity index (χ2v) is 7.79. The van der Waals surface area contributed by atoms with Gasteiger partial charge < -0.3 is 10.2 Å². The van der Waals surface area contributed by atoms with Gasteiger partial charge in [-0.2, -0.15) is 5.10 Å². The van der Waals surface area contributed by atoms with Crippen LogP contribution in [0.4, 0.5) is 5.82 Å². The molecule has 1 aromatic carbocycles. The quantitative estimate of drug-likeness (QED) is 0.711. The molecule has 3 aromatic rings. The maximum Gasteiger partial charge on any atom is 0.234 e. The number of hydrogen-bond acceptors (Lipinski definition) is 6. The van der Waals surface area contributed by atoms with Gasteiger partial charge in [0.25, 0.3) is 0 Å². The second kappa shape index (κ2) is 8.16. The summed E-state index contributed by atoms with van der Waals surface area (Å²) < 4.78 is 1.87. The molecule has 0 radical (unpaired) electrons. The highest BCUT2D eigenvalue weighted by molar-refractivity contribution is 5.83. The van der Waals surface area contributed by atoms with Crippen LogP contribution in [-0.2, 0) is 11.8 Å². The van der Waals surface area contributed by atoms with Crippen LogP contribution in [-0.4, -0.2) is 69.3 Å². The molecule has 2 aromatic heterocycles. The molecule has 8 heteroatoms. The number of aryl methyl sites for hydroxylation is 1. The predicted octanol–water partition coefficient (Wildman–Crippen LogP) is 1.68. The van der Waals surface area contributed by atoms with Crippen LogP contribution < -0.4 is 10.2 Å². The van der Waals surface area contributed by atoms with E-state index in [1.165, 1.54) is 0 Å². The first-order valence-electron chi connectivity index (χ1n) is 10.0. The smallest absolute Gasteiger partial charge is 0.234 e. The van der Waals surface area contributed by atoms with Gasteiger partial charge in [0.1, 0.15) is 5.82 Å². The number of aromatic nitrogens is 4. The van der Waals surface area contributed by atoms with Crippen molar-refractivity contribution in [1.82, 2.24) is 30.0 Å². The number of anilines is 1. The molecule has 0 saturated carbocycles. The van der Waals surface area contributed by atoms with Crippen molar-refractivity contribution < 1.29 is 4.79 Å². The highest BCUT2D eigenvalue weighted by atomic mass is 16.2. The summed E-state index contributed by atoms with van der Waals surface area (Å²) in [6, 6.07) is 6.39. The molecule has 3 heterocycles. The number of carbonyl (C=O) groups excluding carboxylic acids is 1. The molecule has 29 heavy (non-hydrogen) atoms. The van der Waals surface area contributed by atoms with Crippen molar-refractivity contribution in [3.63, 3.8) is 0 Å². The van der Waals surface area contributed by atoms with Gasteiger partial charge in [-0.1, -0.05) is 12.1 Å². The van der Waals surface area contributed by atoms with E-state index in [9.17, 15) is 4.79 Å². The van der Waals surface area contributed by atoms with Crippen LogP contribution in [0.1, 0.15) is 13.8 Å². The van der Waals surface area contributed by atoms with Crippen LogP contribution in [0.15, 0.2) is 36.8 Å². The Labute approximate surface area is 170 Å². The van der Waals surface area contributed by atoms with E-state index in [0.717, 1.165) is 54.2 Å². The molecule has 0 atom stereocenters. The minimum Gasteiger partial charge on any atom is -0.353 e. The molecule has 1 saturated heterocycles. The van der Waals surface area contributed by atoms with Gasteiger partial charge in [-0.3, -0.25) is 19.4 Å². The lowest BCUT2D eigenvalue weighted by Gasteiger charge is -2.35. The SMILES string of the molecule is CC(C)NC(=O)CN1CCN(c2cncc(-c3ccc4cnn(C)c4c3)n2)CC1. The third-order valence-electron chi connectivity index (χ3n) is 5.18. The number of amides is 1.